The van der Waals surface area contributed by atoms with E-state index in [1.165, 1.54) is 11.6 Å². The molecule has 1 N–H and O–H groups in total. The molecule has 3 rings (SSSR count). The number of hydrogen-bond acceptors (Lipinski definition) is 4. The van der Waals surface area contributed by atoms with Gasteiger partial charge in [-0.05, 0) is 46.9 Å². The minimum Gasteiger partial charge on any atom is -0.477 e. The van der Waals surface area contributed by atoms with Gasteiger partial charge in [0.15, 0.2) is 5.58 Å². The van der Waals surface area contributed by atoms with E-state index < -0.39 is 5.97 Å². The van der Waals surface area contributed by atoms with Crippen LogP contribution < -0.4 is 0 Å². The summed E-state index contributed by atoms with van der Waals surface area (Å²) in [5, 5.41) is 17.7. The van der Waals surface area contributed by atoms with Gasteiger partial charge in [0.1, 0.15) is 17.2 Å². The van der Waals surface area contributed by atoms with Crippen molar-refractivity contribution in [3.8, 4) is 17.5 Å². The van der Waals surface area contributed by atoms with Crippen LogP contribution in [0, 0.1) is 11.3 Å². The maximum atomic E-state index is 10.9. The van der Waals surface area contributed by atoms with Crippen LogP contribution >= 0.6 is 0 Å². The molecule has 0 radical (unpaired) electrons. The Kier molecular flexibility index (Phi) is 4.35. The lowest BCUT2D eigenvalue weighted by atomic mass is 9.87. The van der Waals surface area contributed by atoms with Crippen molar-refractivity contribution in [3.05, 3.63) is 59.2 Å². The average molecular weight is 346 g/mol. The smallest absolute Gasteiger partial charge is 0.346 e. The molecule has 5 heteroatoms. The minimum atomic E-state index is -1.25. The highest BCUT2D eigenvalue weighted by Gasteiger charge is 2.16. The van der Waals surface area contributed by atoms with Crippen LogP contribution in [0.2, 0.25) is 0 Å². The van der Waals surface area contributed by atoms with E-state index in [2.05, 4.69) is 25.8 Å². The Hall–Kier alpha value is -3.39. The van der Waals surface area contributed by atoms with Crippen LogP contribution in [-0.2, 0) is 10.2 Å². The van der Waals surface area contributed by atoms with Crippen LogP contribution in [0.1, 0.15) is 31.9 Å². The van der Waals surface area contributed by atoms with Crippen molar-refractivity contribution in [1.82, 2.24) is 4.98 Å². The third kappa shape index (κ3) is 3.50. The van der Waals surface area contributed by atoms with E-state index in [4.69, 9.17) is 14.8 Å². The molecule has 0 unspecified atom stereocenters. The highest BCUT2D eigenvalue weighted by molar-refractivity contribution is 5.96. The molecule has 0 atom stereocenters. The predicted molar refractivity (Wildman–Crippen MR) is 99.4 cm³/mol. The number of fused-ring (bicyclic) bond motifs is 1. The van der Waals surface area contributed by atoms with Crippen molar-refractivity contribution >= 4 is 23.1 Å². The van der Waals surface area contributed by atoms with Crippen LogP contribution in [0.15, 0.2) is 52.5 Å². The standard InChI is InChI=1S/C21H18N2O3/c1-21(2,3)16-8-9-18-17(11-16)23-19(26-18)14-6-4-13(5-7-14)10-15(12-22)20(24)25/h4-11H,1-3H3,(H,24,25). The number of benzene rings is 2. The van der Waals surface area contributed by atoms with Crippen molar-refractivity contribution < 1.29 is 14.3 Å². The maximum absolute atomic E-state index is 10.9. The SMILES string of the molecule is CC(C)(C)c1ccc2oc(-c3ccc(C=C(C#N)C(=O)O)cc3)nc2c1. The number of carboxylic acids is 1. The van der Waals surface area contributed by atoms with Gasteiger partial charge in [-0.2, -0.15) is 5.26 Å². The van der Waals surface area contributed by atoms with Gasteiger partial charge in [-0.3, -0.25) is 0 Å². The molecule has 0 aliphatic heterocycles. The third-order valence-electron chi connectivity index (χ3n) is 4.07. The number of carboxylic acid groups (broad SMARTS) is 1. The molecule has 26 heavy (non-hydrogen) atoms. The Bertz CT molecular complexity index is 1050. The van der Waals surface area contributed by atoms with Crippen LogP contribution in [0.3, 0.4) is 0 Å². The largest absolute Gasteiger partial charge is 0.477 e. The predicted octanol–water partition coefficient (Wildman–Crippen LogP) is 4.78. The molecule has 0 aliphatic rings. The summed E-state index contributed by atoms with van der Waals surface area (Å²) >= 11 is 0. The summed E-state index contributed by atoms with van der Waals surface area (Å²) in [6.45, 7) is 6.44. The molecule has 0 fully saturated rings. The van der Waals surface area contributed by atoms with Gasteiger partial charge in [0.25, 0.3) is 0 Å². The summed E-state index contributed by atoms with van der Waals surface area (Å²) in [4.78, 5) is 15.5. The molecule has 1 heterocycles. The highest BCUT2D eigenvalue weighted by atomic mass is 16.4. The summed E-state index contributed by atoms with van der Waals surface area (Å²) in [5.41, 5.74) is 3.83. The summed E-state index contributed by atoms with van der Waals surface area (Å²) in [5.74, 6) is -0.745. The zero-order valence-corrected chi connectivity index (χ0v) is 14.8. The second kappa shape index (κ2) is 6.49. The topological polar surface area (TPSA) is 87.1 Å². The molecular weight excluding hydrogens is 328 g/mol. The van der Waals surface area contributed by atoms with Crippen LogP contribution in [0.4, 0.5) is 0 Å². The number of hydrogen-bond donors (Lipinski definition) is 1. The van der Waals surface area contributed by atoms with Crippen molar-refractivity contribution in [3.63, 3.8) is 0 Å². The van der Waals surface area contributed by atoms with Crippen LogP contribution in [0.25, 0.3) is 28.6 Å². The molecule has 0 saturated carbocycles. The number of rotatable bonds is 3. The molecule has 0 saturated heterocycles. The monoisotopic (exact) mass is 346 g/mol. The molecule has 0 amide bonds. The van der Waals surface area contributed by atoms with Crippen molar-refractivity contribution in [2.45, 2.75) is 26.2 Å². The van der Waals surface area contributed by atoms with Crippen molar-refractivity contribution in [2.24, 2.45) is 0 Å². The number of nitriles is 1. The van der Waals surface area contributed by atoms with Gasteiger partial charge < -0.3 is 9.52 Å². The van der Waals surface area contributed by atoms with E-state index in [-0.39, 0.29) is 11.0 Å². The average Bonchev–Trinajstić information content (AvgIpc) is 3.02. The fraction of sp³-hybridized carbons (Fsp3) is 0.190. The Morgan fingerprint density at radius 2 is 1.88 bits per heavy atom. The summed E-state index contributed by atoms with van der Waals surface area (Å²) in [6.07, 6.45) is 1.33. The van der Waals surface area contributed by atoms with E-state index >= 15 is 0 Å². The number of aliphatic carboxylic acids is 1. The third-order valence-corrected chi connectivity index (χ3v) is 4.07. The highest BCUT2D eigenvalue weighted by Crippen LogP contribution is 2.29. The van der Waals surface area contributed by atoms with Gasteiger partial charge in [0.05, 0.1) is 0 Å². The fourth-order valence-electron chi connectivity index (χ4n) is 2.55. The second-order valence-corrected chi connectivity index (χ2v) is 7.05. The Balaban J connectivity index is 1.95. The van der Waals surface area contributed by atoms with Gasteiger partial charge in [-0.25, -0.2) is 9.78 Å². The first-order chi connectivity index (χ1) is 12.3. The molecular formula is C21H18N2O3. The number of oxazole rings is 1. The Labute approximate surface area is 151 Å². The van der Waals surface area contributed by atoms with E-state index in [1.54, 1.807) is 30.3 Å². The molecule has 5 nitrogen and oxygen atoms in total. The van der Waals surface area contributed by atoms with Gasteiger partial charge >= 0.3 is 5.97 Å². The van der Waals surface area contributed by atoms with E-state index in [9.17, 15) is 4.79 Å². The lowest BCUT2D eigenvalue weighted by Crippen LogP contribution is -2.10. The molecule has 1 aromatic heterocycles. The zero-order valence-electron chi connectivity index (χ0n) is 14.8. The maximum Gasteiger partial charge on any atom is 0.346 e. The quantitative estimate of drug-likeness (QED) is 0.544. The number of carbonyl (C=O) groups is 1. The van der Waals surface area contributed by atoms with Crippen LogP contribution in [0.5, 0.6) is 0 Å². The molecule has 130 valence electrons. The van der Waals surface area contributed by atoms with Crippen molar-refractivity contribution in [1.29, 1.82) is 5.26 Å². The Morgan fingerprint density at radius 1 is 1.19 bits per heavy atom. The first-order valence-electron chi connectivity index (χ1n) is 8.14. The molecule has 2 aromatic carbocycles. The van der Waals surface area contributed by atoms with E-state index in [0.29, 0.717) is 11.5 Å². The first kappa shape index (κ1) is 17.4. The van der Waals surface area contributed by atoms with Crippen molar-refractivity contribution in [2.75, 3.05) is 0 Å². The lowest BCUT2D eigenvalue weighted by molar-refractivity contribution is -0.132. The summed E-state index contributed by atoms with van der Waals surface area (Å²) in [6, 6.07) is 14.7. The minimum absolute atomic E-state index is 0.0316. The zero-order chi connectivity index (χ0) is 18.9. The number of nitrogens with zero attached hydrogens (tertiary/aromatic N) is 2. The number of aromatic nitrogens is 1. The van der Waals surface area contributed by atoms with Crippen LogP contribution in [-0.4, -0.2) is 16.1 Å². The Morgan fingerprint density at radius 3 is 2.46 bits per heavy atom. The van der Waals surface area contributed by atoms with E-state index in [1.807, 2.05) is 18.2 Å². The fourth-order valence-corrected chi connectivity index (χ4v) is 2.55. The van der Waals surface area contributed by atoms with Gasteiger partial charge in [0, 0.05) is 5.56 Å². The molecule has 0 spiro atoms. The normalized spacial score (nSPS) is 12.2. The lowest BCUT2D eigenvalue weighted by Gasteiger charge is -2.18. The van der Waals surface area contributed by atoms with E-state index in [0.717, 1.165) is 16.7 Å². The molecule has 3 aromatic rings. The first-order valence-corrected chi connectivity index (χ1v) is 8.14. The molecule has 0 bridgehead atoms. The summed E-state index contributed by atoms with van der Waals surface area (Å²) < 4.78 is 5.83. The van der Waals surface area contributed by atoms with Gasteiger partial charge in [0.2, 0.25) is 5.89 Å². The van der Waals surface area contributed by atoms with Gasteiger partial charge in [-0.15, -0.1) is 0 Å². The van der Waals surface area contributed by atoms with Gasteiger partial charge in [-0.1, -0.05) is 39.0 Å². The second-order valence-electron chi connectivity index (χ2n) is 7.05. The summed E-state index contributed by atoms with van der Waals surface area (Å²) in [7, 11) is 0. The molecule has 0 aliphatic carbocycles.